The molecule has 0 atom stereocenters. The quantitative estimate of drug-likeness (QED) is 0.489. The Kier molecular flexibility index (Phi) is 5.25. The highest BCUT2D eigenvalue weighted by molar-refractivity contribution is 7.99. The van der Waals surface area contributed by atoms with Crippen LogP contribution in [0.2, 0.25) is 0 Å². The van der Waals surface area contributed by atoms with Crippen LogP contribution in [-0.2, 0) is 0 Å². The van der Waals surface area contributed by atoms with Gasteiger partial charge < -0.3 is 5.32 Å². The zero-order chi connectivity index (χ0) is 11.3. The number of nitrogens with one attached hydrogen (secondary N) is 1. The van der Waals surface area contributed by atoms with E-state index in [-0.39, 0.29) is 0 Å². The first kappa shape index (κ1) is 12.6. The number of hydrogen-bond donors (Lipinski definition) is 1. The van der Waals surface area contributed by atoms with E-state index in [4.69, 9.17) is 0 Å². The van der Waals surface area contributed by atoms with Crippen LogP contribution in [0.15, 0.2) is 16.2 Å². The molecule has 84 valence electrons. The average Bonchev–Trinajstić information content (AvgIpc) is 2.25. The lowest BCUT2D eigenvalue weighted by atomic mass is 10.3. The van der Waals surface area contributed by atoms with E-state index in [2.05, 4.69) is 29.1 Å². The summed E-state index contributed by atoms with van der Waals surface area (Å²) in [5, 5.41) is 4.93. The Labute approximate surface area is 99.9 Å². The van der Waals surface area contributed by atoms with Crippen molar-refractivity contribution in [3.8, 4) is 0 Å². The first-order valence-corrected chi connectivity index (χ1v) is 7.10. The molecule has 0 aliphatic rings. The zero-order valence-electron chi connectivity index (χ0n) is 9.57. The second-order valence-electron chi connectivity index (χ2n) is 3.53. The minimum atomic E-state index is 0.681. The number of aromatic nitrogens is 2. The van der Waals surface area contributed by atoms with Gasteiger partial charge in [-0.25, -0.2) is 9.97 Å². The number of nitrogens with zero attached hydrogens (tertiary/aromatic N) is 2. The fourth-order valence-corrected chi connectivity index (χ4v) is 2.24. The predicted octanol–water partition coefficient (Wildman–Crippen LogP) is 2.99. The summed E-state index contributed by atoms with van der Waals surface area (Å²) in [6.45, 7) is 4.42. The lowest BCUT2D eigenvalue weighted by Crippen LogP contribution is -1.98. The summed E-state index contributed by atoms with van der Waals surface area (Å²) in [4.78, 5) is 8.77. The second kappa shape index (κ2) is 6.23. The van der Waals surface area contributed by atoms with Crippen LogP contribution in [0.4, 0.5) is 5.82 Å². The Morgan fingerprint density at radius 1 is 1.40 bits per heavy atom. The first-order valence-electron chi connectivity index (χ1n) is 4.89. The van der Waals surface area contributed by atoms with Crippen LogP contribution in [-0.4, -0.2) is 29.0 Å². The standard InChI is InChI=1S/C10H17N3S2/c1-7(2)6-15-9-5-8(11-3)12-10(13-9)14-4/h5,7H,6H2,1-4H3,(H,11,12,13). The van der Waals surface area contributed by atoms with E-state index in [1.54, 1.807) is 23.5 Å². The van der Waals surface area contributed by atoms with Crippen molar-refractivity contribution in [1.29, 1.82) is 0 Å². The van der Waals surface area contributed by atoms with E-state index >= 15 is 0 Å². The monoisotopic (exact) mass is 243 g/mol. The van der Waals surface area contributed by atoms with Crippen molar-refractivity contribution in [2.24, 2.45) is 5.92 Å². The maximum atomic E-state index is 4.45. The zero-order valence-corrected chi connectivity index (χ0v) is 11.2. The lowest BCUT2D eigenvalue weighted by molar-refractivity contribution is 0.748. The van der Waals surface area contributed by atoms with E-state index in [0.717, 1.165) is 21.8 Å². The van der Waals surface area contributed by atoms with Gasteiger partial charge in [-0.15, -0.1) is 11.8 Å². The molecule has 0 saturated heterocycles. The summed E-state index contributed by atoms with van der Waals surface area (Å²) < 4.78 is 0. The Bertz CT molecular complexity index is 293. The highest BCUT2D eigenvalue weighted by Gasteiger charge is 2.04. The highest BCUT2D eigenvalue weighted by atomic mass is 32.2. The molecule has 0 aromatic carbocycles. The van der Waals surface area contributed by atoms with E-state index in [0.29, 0.717) is 5.92 Å². The van der Waals surface area contributed by atoms with Gasteiger partial charge in [0.25, 0.3) is 0 Å². The van der Waals surface area contributed by atoms with E-state index in [1.165, 1.54) is 0 Å². The van der Waals surface area contributed by atoms with Crippen LogP contribution in [0.25, 0.3) is 0 Å². The van der Waals surface area contributed by atoms with Crippen molar-refractivity contribution in [1.82, 2.24) is 9.97 Å². The molecular formula is C10H17N3S2. The third kappa shape index (κ3) is 4.30. The first-order chi connectivity index (χ1) is 7.15. The SMILES string of the molecule is CNc1cc(SCC(C)C)nc(SC)n1. The van der Waals surface area contributed by atoms with Crippen LogP contribution in [0.3, 0.4) is 0 Å². The average molecular weight is 243 g/mol. The summed E-state index contributed by atoms with van der Waals surface area (Å²) in [5.41, 5.74) is 0. The third-order valence-electron chi connectivity index (χ3n) is 1.69. The Morgan fingerprint density at radius 3 is 2.67 bits per heavy atom. The van der Waals surface area contributed by atoms with E-state index in [1.807, 2.05) is 19.4 Å². The van der Waals surface area contributed by atoms with Crippen LogP contribution in [0.5, 0.6) is 0 Å². The highest BCUT2D eigenvalue weighted by Crippen LogP contribution is 2.23. The fraction of sp³-hybridized carbons (Fsp3) is 0.600. The molecule has 5 heteroatoms. The molecule has 0 aliphatic carbocycles. The van der Waals surface area contributed by atoms with Gasteiger partial charge in [0, 0.05) is 18.9 Å². The molecule has 1 aromatic rings. The third-order valence-corrected chi connectivity index (χ3v) is 3.57. The molecule has 0 radical (unpaired) electrons. The number of thioether (sulfide) groups is 2. The van der Waals surface area contributed by atoms with Crippen molar-refractivity contribution in [2.75, 3.05) is 24.4 Å². The molecule has 1 heterocycles. The van der Waals surface area contributed by atoms with Gasteiger partial charge in [-0.05, 0) is 12.2 Å². The van der Waals surface area contributed by atoms with Gasteiger partial charge in [0.1, 0.15) is 10.8 Å². The maximum absolute atomic E-state index is 4.45. The summed E-state index contributed by atoms with van der Waals surface area (Å²) in [5.74, 6) is 2.66. The topological polar surface area (TPSA) is 37.8 Å². The Morgan fingerprint density at radius 2 is 2.13 bits per heavy atom. The minimum Gasteiger partial charge on any atom is -0.373 e. The van der Waals surface area contributed by atoms with Crippen molar-refractivity contribution < 1.29 is 0 Å². The van der Waals surface area contributed by atoms with Crippen molar-refractivity contribution in [3.63, 3.8) is 0 Å². The fourth-order valence-electron chi connectivity index (χ4n) is 0.949. The predicted molar refractivity (Wildman–Crippen MR) is 68.9 cm³/mol. The van der Waals surface area contributed by atoms with Crippen molar-refractivity contribution in [3.05, 3.63) is 6.07 Å². The molecule has 1 N–H and O–H groups in total. The smallest absolute Gasteiger partial charge is 0.190 e. The molecule has 3 nitrogen and oxygen atoms in total. The van der Waals surface area contributed by atoms with Crippen LogP contribution >= 0.6 is 23.5 Å². The molecule has 0 spiro atoms. The van der Waals surface area contributed by atoms with Gasteiger partial charge in [0.15, 0.2) is 5.16 Å². The summed E-state index contributed by atoms with van der Waals surface area (Å²) in [6.07, 6.45) is 1.99. The molecule has 0 bridgehead atoms. The molecule has 0 saturated carbocycles. The molecule has 1 aromatic heterocycles. The Hall–Kier alpha value is -0.420. The van der Waals surface area contributed by atoms with Gasteiger partial charge in [-0.3, -0.25) is 0 Å². The van der Waals surface area contributed by atoms with Crippen molar-refractivity contribution in [2.45, 2.75) is 24.0 Å². The molecular weight excluding hydrogens is 226 g/mol. The Balaban J connectivity index is 2.77. The molecule has 0 amide bonds. The summed E-state index contributed by atoms with van der Waals surface area (Å²) in [6, 6.07) is 1.99. The van der Waals surface area contributed by atoms with Gasteiger partial charge >= 0.3 is 0 Å². The second-order valence-corrected chi connectivity index (χ2v) is 5.35. The van der Waals surface area contributed by atoms with Gasteiger partial charge in [0.05, 0.1) is 0 Å². The molecule has 15 heavy (non-hydrogen) atoms. The lowest BCUT2D eigenvalue weighted by Gasteiger charge is -2.07. The van der Waals surface area contributed by atoms with Gasteiger partial charge in [-0.2, -0.15) is 0 Å². The maximum Gasteiger partial charge on any atom is 0.190 e. The van der Waals surface area contributed by atoms with Crippen molar-refractivity contribution >= 4 is 29.3 Å². The van der Waals surface area contributed by atoms with Gasteiger partial charge in [0.2, 0.25) is 0 Å². The number of hydrogen-bond acceptors (Lipinski definition) is 5. The summed E-state index contributed by atoms with van der Waals surface area (Å²) in [7, 11) is 1.88. The summed E-state index contributed by atoms with van der Waals surface area (Å²) >= 11 is 3.35. The normalized spacial score (nSPS) is 10.7. The molecule has 0 unspecified atom stereocenters. The molecule has 0 fully saturated rings. The van der Waals surface area contributed by atoms with Crippen LogP contribution in [0, 0.1) is 5.92 Å². The van der Waals surface area contributed by atoms with E-state index < -0.39 is 0 Å². The minimum absolute atomic E-state index is 0.681. The van der Waals surface area contributed by atoms with Gasteiger partial charge in [-0.1, -0.05) is 25.6 Å². The van der Waals surface area contributed by atoms with Crippen LogP contribution in [0.1, 0.15) is 13.8 Å². The largest absolute Gasteiger partial charge is 0.373 e. The van der Waals surface area contributed by atoms with E-state index in [9.17, 15) is 0 Å². The molecule has 0 aliphatic heterocycles. The van der Waals surface area contributed by atoms with Crippen LogP contribution < -0.4 is 5.32 Å². The molecule has 1 rings (SSSR count). The number of rotatable bonds is 5. The number of anilines is 1.